The second kappa shape index (κ2) is 29.3. The minimum Gasteiger partial charge on any atom is -0.214 e. The van der Waals surface area contributed by atoms with Gasteiger partial charge in [0.15, 0.2) is 0 Å². The molecule has 0 aliphatic heterocycles. The van der Waals surface area contributed by atoms with E-state index in [1.165, 1.54) is 4.90 Å². The minimum absolute atomic E-state index is 0. The Morgan fingerprint density at radius 2 is 1.40 bits per heavy atom. The maximum absolute atomic E-state index is 9.31. The van der Waals surface area contributed by atoms with E-state index >= 15 is 0 Å². The van der Waals surface area contributed by atoms with E-state index in [1.807, 2.05) is 30.3 Å². The summed E-state index contributed by atoms with van der Waals surface area (Å²) in [5, 5.41) is 0. The first-order valence-corrected chi connectivity index (χ1v) is 3.40. The van der Waals surface area contributed by atoms with Crippen LogP contribution in [0.4, 0.5) is 0 Å². The molecule has 0 fully saturated rings. The molecule has 0 aromatic heterocycles. The molecule has 0 heterocycles. The minimum atomic E-state index is 0. The van der Waals surface area contributed by atoms with E-state index in [0.29, 0.717) is 0 Å². The van der Waals surface area contributed by atoms with Crippen LogP contribution in [0.15, 0.2) is 30.3 Å². The summed E-state index contributed by atoms with van der Waals surface area (Å²) >= 11 is 0. The summed E-state index contributed by atoms with van der Waals surface area (Å²) in [7, 11) is 3.26. The van der Waals surface area contributed by atoms with Gasteiger partial charge in [0.1, 0.15) is 0 Å². The molecular formula is C10H11FeNO3-2. The van der Waals surface area contributed by atoms with Crippen molar-refractivity contribution in [3.05, 3.63) is 43.6 Å². The first-order chi connectivity index (χ1) is 6.77. The third-order valence-corrected chi connectivity index (χ3v) is 0.738. The average Bonchev–Trinajstić information content (AvgIpc) is 2.82. The Bertz CT molecular complexity index is 194. The number of carbonyl (C=O) groups excluding carboxylic acids is 1. The summed E-state index contributed by atoms with van der Waals surface area (Å²) in [6.45, 7) is 9.00. The van der Waals surface area contributed by atoms with Crippen LogP contribution in [0.3, 0.4) is 0 Å². The van der Waals surface area contributed by atoms with Crippen molar-refractivity contribution in [1.29, 1.82) is 0 Å². The molecule has 5 heteroatoms. The van der Waals surface area contributed by atoms with Crippen molar-refractivity contribution in [3.63, 3.8) is 0 Å². The molecule has 0 saturated carbocycles. The van der Waals surface area contributed by atoms with Crippen LogP contribution in [0.1, 0.15) is 0 Å². The van der Waals surface area contributed by atoms with Gasteiger partial charge in [0.25, 0.3) is 0 Å². The monoisotopic (exact) mass is 249 g/mol. The zero-order valence-electron chi connectivity index (χ0n) is 8.41. The first kappa shape index (κ1) is 23.6. The molecule has 0 radical (unpaired) electrons. The van der Waals surface area contributed by atoms with E-state index in [4.69, 9.17) is 9.30 Å². The molecule has 1 amide bonds. The fraction of sp³-hybridized carbons (Fsp3) is 0.200. The van der Waals surface area contributed by atoms with E-state index in [2.05, 4.69) is 13.3 Å². The molecule has 84 valence electrons. The zero-order chi connectivity index (χ0) is 11.8. The van der Waals surface area contributed by atoms with Crippen LogP contribution in [0.5, 0.6) is 0 Å². The van der Waals surface area contributed by atoms with Gasteiger partial charge in [-0.25, -0.2) is 12.1 Å². The molecular weight excluding hydrogens is 238 g/mol. The summed E-state index contributed by atoms with van der Waals surface area (Å²) in [6.07, 6.45) is 1.61. The van der Waals surface area contributed by atoms with Gasteiger partial charge in [0.05, 0.1) is 0 Å². The molecule has 0 aliphatic carbocycles. The van der Waals surface area contributed by atoms with Gasteiger partial charge in [0, 0.05) is 17.1 Å². The van der Waals surface area contributed by atoms with Crippen LogP contribution in [0.25, 0.3) is 0 Å². The van der Waals surface area contributed by atoms with Gasteiger partial charge in [0.2, 0.25) is 0 Å². The molecule has 0 N–H and O–H groups in total. The summed E-state index contributed by atoms with van der Waals surface area (Å²) in [5.74, 6) is 0. The van der Waals surface area contributed by atoms with Crippen molar-refractivity contribution in [2.45, 2.75) is 0 Å². The maximum atomic E-state index is 9.31. The summed E-state index contributed by atoms with van der Waals surface area (Å²) in [4.78, 5) is 10.6. The van der Waals surface area contributed by atoms with E-state index in [-0.39, 0.29) is 17.1 Å². The van der Waals surface area contributed by atoms with Crippen molar-refractivity contribution in [3.8, 4) is 0 Å². The van der Waals surface area contributed by atoms with E-state index < -0.39 is 0 Å². The molecule has 0 atom stereocenters. The largest absolute Gasteiger partial charge is 0.214 e. The molecule has 4 nitrogen and oxygen atoms in total. The Morgan fingerprint density at radius 1 is 1.13 bits per heavy atom. The Morgan fingerprint density at radius 3 is 1.47 bits per heavy atom. The van der Waals surface area contributed by atoms with Crippen LogP contribution >= 0.6 is 0 Å². The molecule has 0 unspecified atom stereocenters. The molecule has 1 rings (SSSR count). The van der Waals surface area contributed by atoms with Crippen molar-refractivity contribution >= 4 is 6.41 Å². The summed E-state index contributed by atoms with van der Waals surface area (Å²) < 4.78 is 15.0. The Labute approximate surface area is 101 Å². The van der Waals surface area contributed by atoms with Gasteiger partial charge in [-0.1, -0.05) is 0 Å². The number of amides is 1. The van der Waals surface area contributed by atoms with Crippen LogP contribution < -0.4 is 0 Å². The van der Waals surface area contributed by atoms with Crippen LogP contribution in [-0.4, -0.2) is 25.4 Å². The van der Waals surface area contributed by atoms with E-state index in [9.17, 15) is 4.79 Å². The van der Waals surface area contributed by atoms with Gasteiger partial charge >= 0.3 is 22.6 Å². The normalized spacial score (nSPS) is 5.20. The smallest absolute Gasteiger partial charge is 0 e. The predicted octanol–water partition coefficient (Wildman–Crippen LogP) is 0.943. The number of nitrogens with zero attached hydrogens (tertiary/aromatic N) is 1. The average molecular weight is 249 g/mol. The third kappa shape index (κ3) is 44.3. The summed E-state index contributed by atoms with van der Waals surface area (Å²) in [5.41, 5.74) is 0. The van der Waals surface area contributed by atoms with E-state index in [0.717, 1.165) is 0 Å². The first-order valence-electron chi connectivity index (χ1n) is 3.40. The zero-order valence-corrected chi connectivity index (χ0v) is 9.52. The van der Waals surface area contributed by atoms with Crippen LogP contribution in [0.2, 0.25) is 0 Å². The van der Waals surface area contributed by atoms with E-state index in [1.54, 1.807) is 20.5 Å². The Kier molecular flexibility index (Phi) is 46.0. The second-order valence-corrected chi connectivity index (χ2v) is 1.95. The standard InChI is InChI=1S/C5H5.C3H6NO.2CO.Fe/c1-2-4-5-3-1;1-4(2)3-5;2*1-2;/h1-5H;1-2H3;;;/q2*-1;;;. The fourth-order valence-electron chi connectivity index (χ4n) is 0.321. The number of hydrogen-bond donors (Lipinski definition) is 0. The number of hydrogen-bond acceptors (Lipinski definition) is 1. The van der Waals surface area contributed by atoms with Gasteiger partial charge in [-0.3, -0.25) is 0 Å². The quantitative estimate of drug-likeness (QED) is 0.316. The third-order valence-electron chi connectivity index (χ3n) is 0.738. The maximum Gasteiger partial charge on any atom is 0 e. The molecule has 0 spiro atoms. The van der Waals surface area contributed by atoms with Crippen LogP contribution in [0, 0.1) is 13.3 Å². The van der Waals surface area contributed by atoms with Crippen LogP contribution in [-0.2, 0) is 31.2 Å². The molecule has 1 aromatic carbocycles. The molecule has 15 heavy (non-hydrogen) atoms. The molecule has 0 aliphatic rings. The predicted molar refractivity (Wildman–Crippen MR) is 49.3 cm³/mol. The van der Waals surface area contributed by atoms with Gasteiger partial charge in [-0.15, -0.1) is 0 Å². The Hall–Kier alpha value is -1.18. The van der Waals surface area contributed by atoms with Gasteiger partial charge in [-0.2, -0.15) is 24.6 Å². The topological polar surface area (TPSA) is 60.1 Å². The molecule has 0 bridgehead atoms. The second-order valence-electron chi connectivity index (χ2n) is 1.95. The Balaban J connectivity index is -0.0000000580. The number of rotatable bonds is 1. The van der Waals surface area contributed by atoms with Crippen molar-refractivity contribution in [2.75, 3.05) is 14.1 Å². The summed E-state index contributed by atoms with van der Waals surface area (Å²) in [6, 6.07) is 10.0. The SMILES string of the molecule is CN(C)[C-]=O.[C-]#[O+].[C-]#[O+].[Fe].c1cc[cH-]c1. The molecule has 1 aromatic rings. The molecule has 0 saturated heterocycles. The van der Waals surface area contributed by atoms with Crippen molar-refractivity contribution in [2.24, 2.45) is 0 Å². The van der Waals surface area contributed by atoms with Crippen molar-refractivity contribution < 1.29 is 31.2 Å². The van der Waals surface area contributed by atoms with Gasteiger partial charge < -0.3 is 9.69 Å². The van der Waals surface area contributed by atoms with Crippen molar-refractivity contribution in [1.82, 2.24) is 4.90 Å². The fourth-order valence-corrected chi connectivity index (χ4v) is 0.321. The van der Waals surface area contributed by atoms with Gasteiger partial charge in [-0.05, 0) is 14.1 Å².